The minimum atomic E-state index is -0.816. The van der Waals surface area contributed by atoms with E-state index in [-0.39, 0.29) is 24.6 Å². The molecule has 2 atom stereocenters. The summed E-state index contributed by atoms with van der Waals surface area (Å²) >= 11 is 0. The van der Waals surface area contributed by atoms with Gasteiger partial charge in [0.05, 0.1) is 18.9 Å². The van der Waals surface area contributed by atoms with Gasteiger partial charge in [0.1, 0.15) is 5.41 Å². The monoisotopic (exact) mass is 364 g/mol. The summed E-state index contributed by atoms with van der Waals surface area (Å²) in [5, 5.41) is 19.4. The Labute approximate surface area is 148 Å². The van der Waals surface area contributed by atoms with E-state index in [0.717, 1.165) is 5.69 Å². The van der Waals surface area contributed by atoms with Gasteiger partial charge in [-0.1, -0.05) is 0 Å². The topological polar surface area (TPSA) is 137 Å². The molecule has 0 bridgehead atoms. The summed E-state index contributed by atoms with van der Waals surface area (Å²) in [5.41, 5.74) is 1.14. The van der Waals surface area contributed by atoms with Crippen LogP contribution in [0.3, 0.4) is 0 Å². The molecule has 0 unspecified atom stereocenters. The number of fused-ring (bicyclic) bond motifs is 2. The molecule has 4 rings (SSSR count). The number of aliphatic carboxylic acids is 1. The van der Waals surface area contributed by atoms with Crippen molar-refractivity contribution in [3.8, 4) is 0 Å². The molecule has 10 nitrogen and oxygen atoms in total. The molecule has 2 fully saturated rings. The Morgan fingerprint density at radius 2 is 2.27 bits per heavy atom. The normalized spacial score (nSPS) is 24.9. The van der Waals surface area contributed by atoms with Gasteiger partial charge in [0, 0.05) is 43.4 Å². The van der Waals surface area contributed by atoms with E-state index in [1.807, 2.05) is 13.0 Å². The second-order valence-corrected chi connectivity index (χ2v) is 6.67. The number of nitrogens with one attached hydrogen (secondary N) is 1. The first-order chi connectivity index (χ1) is 12.4. The third-order valence-electron chi connectivity index (χ3n) is 4.89. The number of H-pyrrole nitrogens is 1. The number of rotatable bonds is 3. The van der Waals surface area contributed by atoms with Crippen LogP contribution in [0.15, 0.2) is 16.9 Å². The molecule has 0 saturated carbocycles. The molecule has 2 aliphatic heterocycles. The van der Waals surface area contributed by atoms with Gasteiger partial charge in [0.25, 0.3) is 12.0 Å². The van der Waals surface area contributed by atoms with Crippen LogP contribution in [0.25, 0.3) is 5.65 Å². The van der Waals surface area contributed by atoms with Gasteiger partial charge in [-0.2, -0.15) is 0 Å². The maximum absolute atomic E-state index is 12.1. The zero-order chi connectivity index (χ0) is 18.9. The molecule has 3 N–H and O–H groups in total. The first kappa shape index (κ1) is 18.1. The molecular formula is C16H20N4O6. The average molecular weight is 364 g/mol. The van der Waals surface area contributed by atoms with Gasteiger partial charge < -0.3 is 14.9 Å². The summed E-state index contributed by atoms with van der Waals surface area (Å²) in [6.07, 6.45) is 0. The van der Waals surface area contributed by atoms with Crippen LogP contribution in [-0.2, 0) is 20.9 Å². The Hall–Kier alpha value is -2.72. The first-order valence-electron chi connectivity index (χ1n) is 8.09. The van der Waals surface area contributed by atoms with E-state index >= 15 is 0 Å². The Morgan fingerprint density at radius 3 is 2.92 bits per heavy atom. The summed E-state index contributed by atoms with van der Waals surface area (Å²) in [5.74, 6) is -0.799. The number of hydrogen-bond acceptors (Lipinski definition) is 6. The Bertz CT molecular complexity index is 890. The number of aromatic nitrogens is 3. The van der Waals surface area contributed by atoms with Crippen molar-refractivity contribution < 1.29 is 24.5 Å². The molecule has 2 aromatic rings. The molecule has 26 heavy (non-hydrogen) atoms. The van der Waals surface area contributed by atoms with E-state index in [4.69, 9.17) is 14.6 Å². The lowest BCUT2D eigenvalue weighted by atomic mass is 9.81. The van der Waals surface area contributed by atoms with Crippen LogP contribution in [0.4, 0.5) is 0 Å². The van der Waals surface area contributed by atoms with Gasteiger partial charge in [0.15, 0.2) is 5.65 Å². The molecule has 2 aliphatic rings. The highest BCUT2D eigenvalue weighted by Crippen LogP contribution is 2.41. The second-order valence-electron chi connectivity index (χ2n) is 6.67. The summed E-state index contributed by atoms with van der Waals surface area (Å²) in [6, 6.07) is 3.32. The van der Waals surface area contributed by atoms with Crippen LogP contribution in [-0.4, -0.2) is 68.5 Å². The van der Waals surface area contributed by atoms with Crippen molar-refractivity contribution in [3.63, 3.8) is 0 Å². The van der Waals surface area contributed by atoms with Crippen molar-refractivity contribution in [1.82, 2.24) is 19.5 Å². The summed E-state index contributed by atoms with van der Waals surface area (Å²) in [4.78, 5) is 38.7. The number of hydrogen-bond donors (Lipinski definition) is 3. The highest BCUT2D eigenvalue weighted by molar-refractivity contribution is 5.76. The molecule has 0 aliphatic carbocycles. The SMILES string of the molecule is Cc1cc2nc(CN3C[C@@H]4COC[C@]4(C(=O)O)C3)cc(=O)n2[nH]1.O=CO. The smallest absolute Gasteiger partial charge is 0.313 e. The molecular weight excluding hydrogens is 344 g/mol. The van der Waals surface area contributed by atoms with Crippen molar-refractivity contribution in [3.05, 3.63) is 33.9 Å². The lowest BCUT2D eigenvalue weighted by Gasteiger charge is -2.21. The quantitative estimate of drug-likeness (QED) is 0.624. The average Bonchev–Trinajstić information content (AvgIpc) is 3.20. The number of likely N-dealkylation sites (tertiary alicyclic amines) is 1. The van der Waals surface area contributed by atoms with Crippen LogP contribution in [0.1, 0.15) is 11.4 Å². The van der Waals surface area contributed by atoms with Crippen LogP contribution in [0, 0.1) is 18.3 Å². The van der Waals surface area contributed by atoms with Gasteiger partial charge in [0.2, 0.25) is 0 Å². The predicted octanol–water partition coefficient (Wildman–Crippen LogP) is -0.435. The summed E-state index contributed by atoms with van der Waals surface area (Å²) in [6.45, 7) is 3.91. The van der Waals surface area contributed by atoms with Crippen molar-refractivity contribution in [2.75, 3.05) is 26.3 Å². The van der Waals surface area contributed by atoms with Crippen molar-refractivity contribution >= 4 is 18.1 Å². The highest BCUT2D eigenvalue weighted by atomic mass is 16.5. The molecule has 4 heterocycles. The lowest BCUT2D eigenvalue weighted by Crippen LogP contribution is -2.39. The largest absolute Gasteiger partial charge is 0.483 e. The van der Waals surface area contributed by atoms with E-state index in [0.29, 0.717) is 37.6 Å². The Morgan fingerprint density at radius 1 is 1.54 bits per heavy atom. The van der Waals surface area contributed by atoms with Crippen LogP contribution in [0.5, 0.6) is 0 Å². The van der Waals surface area contributed by atoms with E-state index in [2.05, 4.69) is 15.0 Å². The van der Waals surface area contributed by atoms with Crippen molar-refractivity contribution in [2.24, 2.45) is 11.3 Å². The number of aromatic amines is 1. The van der Waals surface area contributed by atoms with Gasteiger partial charge in [-0.05, 0) is 6.92 Å². The molecule has 0 amide bonds. The summed E-state index contributed by atoms with van der Waals surface area (Å²) in [7, 11) is 0. The molecule has 0 spiro atoms. The van der Waals surface area contributed by atoms with Crippen LogP contribution in [0.2, 0.25) is 0 Å². The van der Waals surface area contributed by atoms with Crippen molar-refractivity contribution in [1.29, 1.82) is 0 Å². The molecule has 2 aromatic heterocycles. The second kappa shape index (κ2) is 6.89. The summed E-state index contributed by atoms with van der Waals surface area (Å²) < 4.78 is 6.78. The lowest BCUT2D eigenvalue weighted by molar-refractivity contribution is -0.149. The zero-order valence-electron chi connectivity index (χ0n) is 14.2. The van der Waals surface area contributed by atoms with Crippen LogP contribution >= 0.6 is 0 Å². The molecule has 0 radical (unpaired) electrons. The molecule has 0 aromatic carbocycles. The van der Waals surface area contributed by atoms with E-state index in [1.165, 1.54) is 10.6 Å². The van der Waals surface area contributed by atoms with Gasteiger partial charge >= 0.3 is 5.97 Å². The minimum absolute atomic E-state index is 0.000619. The van der Waals surface area contributed by atoms with Crippen LogP contribution < -0.4 is 5.56 Å². The van der Waals surface area contributed by atoms with Gasteiger partial charge in [-0.25, -0.2) is 9.50 Å². The van der Waals surface area contributed by atoms with E-state index in [1.54, 1.807) is 0 Å². The number of nitrogens with zero attached hydrogens (tertiary/aromatic N) is 3. The van der Waals surface area contributed by atoms with Crippen molar-refractivity contribution in [2.45, 2.75) is 13.5 Å². The predicted molar refractivity (Wildman–Crippen MR) is 88.9 cm³/mol. The highest BCUT2D eigenvalue weighted by Gasteiger charge is 2.56. The van der Waals surface area contributed by atoms with Gasteiger partial charge in [-0.3, -0.25) is 24.4 Å². The third kappa shape index (κ3) is 3.08. The number of carbonyl (C=O) groups is 2. The Balaban J connectivity index is 0.000000613. The molecule has 140 valence electrons. The standard InChI is InChI=1S/C15H18N4O4.CH2O2/c1-9-2-12-16-11(3-13(20)19(12)17-9)5-18-4-10-6-23-8-15(10,7-18)14(21)22;2-1-3/h2-3,10,17H,4-8H2,1H3,(H,21,22);1H,(H,2,3)/t10-,15-;/m1./s1. The van der Waals surface area contributed by atoms with Gasteiger partial charge in [-0.15, -0.1) is 0 Å². The minimum Gasteiger partial charge on any atom is -0.483 e. The number of carboxylic acid groups (broad SMARTS) is 2. The third-order valence-corrected chi connectivity index (χ3v) is 4.89. The fraction of sp³-hybridized carbons (Fsp3) is 0.500. The van der Waals surface area contributed by atoms with E-state index in [9.17, 15) is 14.7 Å². The number of aryl methyl sites for hydroxylation is 1. The Kier molecular flexibility index (Phi) is 4.79. The fourth-order valence-electron chi connectivity index (χ4n) is 3.73. The van der Waals surface area contributed by atoms with E-state index < -0.39 is 11.4 Å². The first-order valence-corrected chi connectivity index (χ1v) is 8.09. The maximum Gasteiger partial charge on any atom is 0.313 e. The molecule has 2 saturated heterocycles. The fourth-order valence-corrected chi connectivity index (χ4v) is 3.73. The molecule has 10 heteroatoms. The number of carboxylic acids is 1. The number of ether oxygens (including phenoxy) is 1. The zero-order valence-corrected chi connectivity index (χ0v) is 14.2. The maximum atomic E-state index is 12.1.